The number of rotatable bonds is 0. The second-order valence-corrected chi connectivity index (χ2v) is 3.32. The third-order valence-corrected chi connectivity index (χ3v) is 2.25. The summed E-state index contributed by atoms with van der Waals surface area (Å²) in [6, 6.07) is 5.98. The SMILES string of the molecule is Cc1ccc2c(c1)CN(C)C2=O. The van der Waals surface area contributed by atoms with Crippen LogP contribution in [0.25, 0.3) is 0 Å². The van der Waals surface area contributed by atoms with Crippen LogP contribution in [0.15, 0.2) is 18.2 Å². The molecule has 2 rings (SSSR count). The number of carbonyl (C=O) groups excluding carboxylic acids is 1. The van der Waals surface area contributed by atoms with E-state index in [1.54, 1.807) is 4.90 Å². The highest BCUT2D eigenvalue weighted by Crippen LogP contribution is 2.21. The van der Waals surface area contributed by atoms with Crippen LogP contribution in [0.4, 0.5) is 0 Å². The molecule has 0 saturated carbocycles. The Balaban J connectivity index is 2.54. The van der Waals surface area contributed by atoms with Crippen LogP contribution < -0.4 is 0 Å². The van der Waals surface area contributed by atoms with Gasteiger partial charge in [-0.05, 0) is 18.6 Å². The summed E-state index contributed by atoms with van der Waals surface area (Å²) >= 11 is 0. The topological polar surface area (TPSA) is 20.3 Å². The minimum Gasteiger partial charge on any atom is -0.337 e. The number of amides is 1. The molecule has 0 N–H and O–H groups in total. The largest absolute Gasteiger partial charge is 0.337 e. The second kappa shape index (κ2) is 2.34. The van der Waals surface area contributed by atoms with E-state index in [0.717, 1.165) is 17.7 Å². The molecular formula is C10H11NO. The van der Waals surface area contributed by atoms with Crippen molar-refractivity contribution in [3.8, 4) is 0 Å². The number of carbonyl (C=O) groups is 1. The van der Waals surface area contributed by atoms with Crippen molar-refractivity contribution in [1.82, 2.24) is 4.90 Å². The maximum absolute atomic E-state index is 11.4. The quantitative estimate of drug-likeness (QED) is 0.565. The molecule has 1 aliphatic rings. The molecule has 1 heterocycles. The number of aryl methyl sites for hydroxylation is 1. The van der Waals surface area contributed by atoms with Gasteiger partial charge in [-0.2, -0.15) is 0 Å². The normalized spacial score (nSPS) is 15.2. The molecule has 0 aliphatic carbocycles. The first-order valence-corrected chi connectivity index (χ1v) is 4.03. The monoisotopic (exact) mass is 161 g/mol. The lowest BCUT2D eigenvalue weighted by Crippen LogP contribution is -2.17. The highest BCUT2D eigenvalue weighted by atomic mass is 16.2. The molecule has 2 nitrogen and oxygen atoms in total. The van der Waals surface area contributed by atoms with Gasteiger partial charge in [0.25, 0.3) is 5.91 Å². The number of hydrogen-bond acceptors (Lipinski definition) is 1. The zero-order valence-electron chi connectivity index (χ0n) is 7.29. The summed E-state index contributed by atoms with van der Waals surface area (Å²) < 4.78 is 0. The van der Waals surface area contributed by atoms with Crippen LogP contribution in [0.2, 0.25) is 0 Å². The third kappa shape index (κ3) is 0.916. The van der Waals surface area contributed by atoms with E-state index in [4.69, 9.17) is 0 Å². The Hall–Kier alpha value is -1.31. The number of fused-ring (bicyclic) bond motifs is 1. The van der Waals surface area contributed by atoms with E-state index < -0.39 is 0 Å². The van der Waals surface area contributed by atoms with Crippen molar-refractivity contribution in [2.75, 3.05) is 7.05 Å². The molecule has 0 unspecified atom stereocenters. The summed E-state index contributed by atoms with van der Waals surface area (Å²) in [5.41, 5.74) is 3.24. The zero-order chi connectivity index (χ0) is 8.72. The molecule has 1 aliphatic heterocycles. The molecule has 0 aromatic heterocycles. The van der Waals surface area contributed by atoms with E-state index >= 15 is 0 Å². The first-order valence-electron chi connectivity index (χ1n) is 4.03. The van der Waals surface area contributed by atoms with Gasteiger partial charge < -0.3 is 4.90 Å². The zero-order valence-corrected chi connectivity index (χ0v) is 7.29. The fourth-order valence-electron chi connectivity index (χ4n) is 1.59. The van der Waals surface area contributed by atoms with Gasteiger partial charge >= 0.3 is 0 Å². The van der Waals surface area contributed by atoms with Gasteiger partial charge in [0, 0.05) is 19.2 Å². The Morgan fingerprint density at radius 1 is 1.42 bits per heavy atom. The Kier molecular flexibility index (Phi) is 1.43. The van der Waals surface area contributed by atoms with Gasteiger partial charge in [-0.3, -0.25) is 4.79 Å². The van der Waals surface area contributed by atoms with Crippen LogP contribution in [0, 0.1) is 6.92 Å². The summed E-state index contributed by atoms with van der Waals surface area (Å²) in [5.74, 6) is 0.144. The highest BCUT2D eigenvalue weighted by molar-refractivity contribution is 5.98. The van der Waals surface area contributed by atoms with Crippen molar-refractivity contribution in [3.05, 3.63) is 34.9 Å². The van der Waals surface area contributed by atoms with Crippen molar-refractivity contribution >= 4 is 5.91 Å². The molecule has 0 radical (unpaired) electrons. The Labute approximate surface area is 71.8 Å². The average molecular weight is 161 g/mol. The Morgan fingerprint density at radius 3 is 2.92 bits per heavy atom. The molecular weight excluding hydrogens is 150 g/mol. The third-order valence-electron chi connectivity index (χ3n) is 2.25. The molecule has 0 atom stereocenters. The van der Waals surface area contributed by atoms with Crippen LogP contribution in [0.1, 0.15) is 21.5 Å². The number of nitrogens with zero attached hydrogens (tertiary/aromatic N) is 1. The highest BCUT2D eigenvalue weighted by Gasteiger charge is 2.23. The van der Waals surface area contributed by atoms with Gasteiger partial charge in [0.1, 0.15) is 0 Å². The van der Waals surface area contributed by atoms with Gasteiger partial charge in [0.2, 0.25) is 0 Å². The van der Waals surface area contributed by atoms with E-state index in [1.807, 2.05) is 26.1 Å². The predicted octanol–water partition coefficient (Wildman–Crippen LogP) is 1.58. The molecule has 62 valence electrons. The molecule has 1 aromatic carbocycles. The molecule has 1 aromatic rings. The first kappa shape index (κ1) is 7.35. The lowest BCUT2D eigenvalue weighted by atomic mass is 10.1. The van der Waals surface area contributed by atoms with Crippen LogP contribution in [-0.2, 0) is 6.54 Å². The van der Waals surface area contributed by atoms with E-state index in [2.05, 4.69) is 6.07 Å². The maximum atomic E-state index is 11.4. The Morgan fingerprint density at radius 2 is 2.17 bits per heavy atom. The lowest BCUT2D eigenvalue weighted by Gasteiger charge is -2.04. The van der Waals surface area contributed by atoms with Crippen LogP contribution in [0.5, 0.6) is 0 Å². The maximum Gasteiger partial charge on any atom is 0.254 e. The minimum atomic E-state index is 0.144. The molecule has 0 spiro atoms. The van der Waals surface area contributed by atoms with Crippen LogP contribution in [0.3, 0.4) is 0 Å². The molecule has 2 heteroatoms. The molecule has 0 bridgehead atoms. The molecule has 0 fully saturated rings. The summed E-state index contributed by atoms with van der Waals surface area (Å²) in [6.45, 7) is 2.80. The fourth-order valence-corrected chi connectivity index (χ4v) is 1.59. The van der Waals surface area contributed by atoms with Crippen molar-refractivity contribution in [2.24, 2.45) is 0 Å². The molecule has 0 saturated heterocycles. The second-order valence-electron chi connectivity index (χ2n) is 3.32. The minimum absolute atomic E-state index is 0.144. The number of benzene rings is 1. The summed E-state index contributed by atoms with van der Waals surface area (Å²) in [5, 5.41) is 0. The summed E-state index contributed by atoms with van der Waals surface area (Å²) in [7, 11) is 1.83. The summed E-state index contributed by atoms with van der Waals surface area (Å²) in [4.78, 5) is 13.2. The fraction of sp³-hybridized carbons (Fsp3) is 0.300. The number of hydrogen-bond donors (Lipinski definition) is 0. The first-order chi connectivity index (χ1) is 5.68. The average Bonchev–Trinajstić information content (AvgIpc) is 2.28. The van der Waals surface area contributed by atoms with Crippen LogP contribution in [-0.4, -0.2) is 17.9 Å². The molecule has 1 amide bonds. The Bertz CT molecular complexity index is 344. The van der Waals surface area contributed by atoms with E-state index in [0.29, 0.717) is 0 Å². The van der Waals surface area contributed by atoms with Crippen molar-refractivity contribution in [2.45, 2.75) is 13.5 Å². The van der Waals surface area contributed by atoms with E-state index in [1.165, 1.54) is 5.56 Å². The smallest absolute Gasteiger partial charge is 0.254 e. The standard InChI is InChI=1S/C10H11NO/c1-7-3-4-9-8(5-7)6-11(2)10(9)12/h3-5H,6H2,1-2H3. The van der Waals surface area contributed by atoms with Gasteiger partial charge in [-0.15, -0.1) is 0 Å². The predicted molar refractivity (Wildman–Crippen MR) is 47.0 cm³/mol. The van der Waals surface area contributed by atoms with Crippen molar-refractivity contribution in [3.63, 3.8) is 0 Å². The van der Waals surface area contributed by atoms with Gasteiger partial charge in [0.05, 0.1) is 0 Å². The van der Waals surface area contributed by atoms with Gasteiger partial charge in [0.15, 0.2) is 0 Å². The molecule has 12 heavy (non-hydrogen) atoms. The van der Waals surface area contributed by atoms with Crippen LogP contribution >= 0.6 is 0 Å². The van der Waals surface area contributed by atoms with E-state index in [9.17, 15) is 4.79 Å². The van der Waals surface area contributed by atoms with Gasteiger partial charge in [-0.1, -0.05) is 17.7 Å². The van der Waals surface area contributed by atoms with Gasteiger partial charge in [-0.25, -0.2) is 0 Å². The van der Waals surface area contributed by atoms with Crippen molar-refractivity contribution in [1.29, 1.82) is 0 Å². The lowest BCUT2D eigenvalue weighted by molar-refractivity contribution is 0.0816. The van der Waals surface area contributed by atoms with Crippen molar-refractivity contribution < 1.29 is 4.79 Å². The summed E-state index contributed by atoms with van der Waals surface area (Å²) in [6.07, 6.45) is 0. The van der Waals surface area contributed by atoms with E-state index in [-0.39, 0.29) is 5.91 Å².